The van der Waals surface area contributed by atoms with Crippen molar-refractivity contribution < 1.29 is 14.3 Å². The summed E-state index contributed by atoms with van der Waals surface area (Å²) in [5, 5.41) is 3.31. The van der Waals surface area contributed by atoms with Crippen molar-refractivity contribution >= 4 is 23.5 Å². The molecule has 8 nitrogen and oxygen atoms in total. The fourth-order valence-corrected chi connectivity index (χ4v) is 5.48. The number of carbonyl (C=O) groups excluding carboxylic acids is 2. The average Bonchev–Trinajstić information content (AvgIpc) is 3.14. The molecule has 1 aromatic rings. The van der Waals surface area contributed by atoms with Gasteiger partial charge in [-0.2, -0.15) is 8.75 Å². The number of carbonyl (C=O) groups is 2. The van der Waals surface area contributed by atoms with Crippen molar-refractivity contribution in [3.8, 4) is 0 Å². The smallest absolute Gasteiger partial charge is 0.275 e. The number of likely N-dealkylation sites (tertiary alicyclic amines) is 2. The van der Waals surface area contributed by atoms with Gasteiger partial charge in [-0.25, -0.2) is 0 Å². The number of nitrogens with one attached hydrogen (secondary N) is 1. The van der Waals surface area contributed by atoms with Crippen LogP contribution < -0.4 is 5.32 Å². The Morgan fingerprint density at radius 3 is 2.71 bits per heavy atom. The summed E-state index contributed by atoms with van der Waals surface area (Å²) in [5.74, 6) is 0.0956. The number of fused-ring (bicyclic) bond motifs is 1. The molecule has 0 aliphatic carbocycles. The minimum absolute atomic E-state index is 0.0330. The first-order valence-electron chi connectivity index (χ1n) is 10.2. The maximum absolute atomic E-state index is 13.4. The van der Waals surface area contributed by atoms with E-state index in [2.05, 4.69) is 26.0 Å². The molecule has 0 radical (unpaired) electrons. The molecule has 154 valence electrons. The lowest BCUT2D eigenvalue weighted by molar-refractivity contribution is -0.144. The minimum atomic E-state index is -0.419. The van der Waals surface area contributed by atoms with Crippen LogP contribution in [0.3, 0.4) is 0 Å². The standard InChI is InChI=1S/C19H29N5O3S/c1-13-16(22-28-21-13)17(25)24-9-7-19(6-3-8-23(2)15(19)12-24)18(26)20-14-4-10-27-11-5-14/h14-15H,3-12H2,1-2H3,(H,20,26)/t15-,19+/m0/s1. The maximum Gasteiger partial charge on any atom is 0.275 e. The van der Waals surface area contributed by atoms with Gasteiger partial charge in [0.25, 0.3) is 5.91 Å². The Balaban J connectivity index is 1.51. The van der Waals surface area contributed by atoms with Crippen molar-refractivity contribution in [3.63, 3.8) is 0 Å². The molecule has 1 aromatic heterocycles. The van der Waals surface area contributed by atoms with E-state index in [1.807, 2.05) is 11.8 Å². The van der Waals surface area contributed by atoms with E-state index in [4.69, 9.17) is 4.74 Å². The van der Waals surface area contributed by atoms with E-state index in [1.165, 1.54) is 0 Å². The molecule has 0 bridgehead atoms. The SMILES string of the molecule is Cc1nsnc1C(=O)N1CC[C@]2(C(=O)NC3CCOCC3)CCCN(C)[C@H]2C1. The van der Waals surface area contributed by atoms with Crippen molar-refractivity contribution in [2.75, 3.05) is 39.9 Å². The fourth-order valence-electron chi connectivity index (χ4n) is 4.94. The predicted molar refractivity (Wildman–Crippen MR) is 105 cm³/mol. The third kappa shape index (κ3) is 3.55. The largest absolute Gasteiger partial charge is 0.381 e. The first-order valence-corrected chi connectivity index (χ1v) is 10.9. The highest BCUT2D eigenvalue weighted by Gasteiger charge is 2.53. The highest BCUT2D eigenvalue weighted by molar-refractivity contribution is 6.99. The van der Waals surface area contributed by atoms with E-state index in [9.17, 15) is 9.59 Å². The highest BCUT2D eigenvalue weighted by atomic mass is 32.1. The number of nitrogens with zero attached hydrogens (tertiary/aromatic N) is 4. The van der Waals surface area contributed by atoms with Crippen LogP contribution in [0, 0.1) is 12.3 Å². The molecule has 0 aromatic carbocycles. The van der Waals surface area contributed by atoms with Crippen LogP contribution in [0.5, 0.6) is 0 Å². The number of hydrogen-bond donors (Lipinski definition) is 1. The summed E-state index contributed by atoms with van der Waals surface area (Å²) in [6.07, 6.45) is 4.35. The van der Waals surface area contributed by atoms with Crippen LogP contribution in [0.1, 0.15) is 48.3 Å². The molecule has 0 unspecified atom stereocenters. The van der Waals surface area contributed by atoms with Gasteiger partial charge >= 0.3 is 0 Å². The quantitative estimate of drug-likeness (QED) is 0.806. The molecular weight excluding hydrogens is 378 g/mol. The summed E-state index contributed by atoms with van der Waals surface area (Å²) >= 11 is 1.07. The Morgan fingerprint density at radius 1 is 1.21 bits per heavy atom. The van der Waals surface area contributed by atoms with Gasteiger partial charge < -0.3 is 19.9 Å². The number of aryl methyl sites for hydroxylation is 1. The maximum atomic E-state index is 13.4. The summed E-state index contributed by atoms with van der Waals surface area (Å²) in [6.45, 7) is 5.35. The van der Waals surface area contributed by atoms with Crippen molar-refractivity contribution in [1.29, 1.82) is 0 Å². The van der Waals surface area contributed by atoms with Crippen LogP contribution in [-0.4, -0.2) is 82.3 Å². The Kier molecular flexibility index (Phi) is 5.66. The number of hydrogen-bond acceptors (Lipinski definition) is 7. The lowest BCUT2D eigenvalue weighted by Gasteiger charge is -2.53. The van der Waals surface area contributed by atoms with Gasteiger partial charge in [0.1, 0.15) is 0 Å². The Hall–Kier alpha value is -1.58. The number of piperidine rings is 2. The fraction of sp³-hybridized carbons (Fsp3) is 0.789. The molecule has 0 saturated carbocycles. The molecule has 3 aliphatic rings. The summed E-state index contributed by atoms with van der Waals surface area (Å²) in [4.78, 5) is 30.5. The van der Waals surface area contributed by atoms with E-state index in [0.717, 1.165) is 44.0 Å². The van der Waals surface area contributed by atoms with Gasteiger partial charge in [-0.3, -0.25) is 9.59 Å². The first-order chi connectivity index (χ1) is 13.5. The van der Waals surface area contributed by atoms with Gasteiger partial charge in [-0.15, -0.1) is 0 Å². The van der Waals surface area contributed by atoms with Crippen molar-refractivity contribution in [3.05, 3.63) is 11.4 Å². The van der Waals surface area contributed by atoms with Crippen LogP contribution >= 0.6 is 11.7 Å². The Morgan fingerprint density at radius 2 is 2.00 bits per heavy atom. The van der Waals surface area contributed by atoms with Crippen LogP contribution in [-0.2, 0) is 9.53 Å². The molecule has 9 heteroatoms. The molecule has 0 spiro atoms. The zero-order valence-corrected chi connectivity index (χ0v) is 17.5. The third-order valence-corrected chi connectivity index (χ3v) is 7.30. The van der Waals surface area contributed by atoms with E-state index < -0.39 is 5.41 Å². The average molecular weight is 408 g/mol. The van der Waals surface area contributed by atoms with E-state index in [0.29, 0.717) is 44.1 Å². The van der Waals surface area contributed by atoms with Crippen molar-refractivity contribution in [1.82, 2.24) is 23.9 Å². The van der Waals surface area contributed by atoms with E-state index in [1.54, 1.807) is 0 Å². The van der Waals surface area contributed by atoms with Crippen molar-refractivity contribution in [2.45, 2.75) is 51.1 Å². The summed E-state index contributed by atoms with van der Waals surface area (Å²) in [6, 6.07) is 0.234. The molecule has 28 heavy (non-hydrogen) atoms. The second-order valence-corrected chi connectivity index (χ2v) is 8.84. The van der Waals surface area contributed by atoms with Gasteiger partial charge in [0.2, 0.25) is 5.91 Å². The summed E-state index contributed by atoms with van der Waals surface area (Å²) in [5.41, 5.74) is 0.709. The zero-order chi connectivity index (χ0) is 19.7. The van der Waals surface area contributed by atoms with Crippen LogP contribution in [0.4, 0.5) is 0 Å². The molecular formula is C19H29N5O3S. The second-order valence-electron chi connectivity index (χ2n) is 8.32. The molecule has 3 saturated heterocycles. The molecule has 2 atom stereocenters. The van der Waals surface area contributed by atoms with E-state index >= 15 is 0 Å². The molecule has 4 heterocycles. The molecule has 3 aliphatic heterocycles. The zero-order valence-electron chi connectivity index (χ0n) is 16.6. The van der Waals surface area contributed by atoms with Gasteiger partial charge in [-0.1, -0.05) is 0 Å². The number of rotatable bonds is 3. The number of amides is 2. The molecule has 3 fully saturated rings. The van der Waals surface area contributed by atoms with Gasteiger partial charge in [0.15, 0.2) is 5.69 Å². The summed E-state index contributed by atoms with van der Waals surface area (Å²) < 4.78 is 13.7. The van der Waals surface area contributed by atoms with Crippen LogP contribution in [0.25, 0.3) is 0 Å². The van der Waals surface area contributed by atoms with Gasteiger partial charge in [0, 0.05) is 38.4 Å². The Bertz CT molecular complexity index is 735. The summed E-state index contributed by atoms with van der Waals surface area (Å²) in [7, 11) is 2.07. The van der Waals surface area contributed by atoms with Crippen molar-refractivity contribution in [2.24, 2.45) is 5.41 Å². The second kappa shape index (κ2) is 8.04. The van der Waals surface area contributed by atoms with Crippen LogP contribution in [0.15, 0.2) is 0 Å². The lowest BCUT2D eigenvalue weighted by Crippen LogP contribution is -2.66. The van der Waals surface area contributed by atoms with E-state index in [-0.39, 0.29) is 23.9 Å². The Labute approximate surface area is 169 Å². The molecule has 1 N–H and O–H groups in total. The predicted octanol–water partition coefficient (Wildman–Crippen LogP) is 1.07. The molecule has 2 amide bonds. The highest BCUT2D eigenvalue weighted by Crippen LogP contribution is 2.42. The molecule has 4 rings (SSSR count). The van der Waals surface area contributed by atoms with Crippen LogP contribution in [0.2, 0.25) is 0 Å². The first kappa shape index (κ1) is 19.7. The monoisotopic (exact) mass is 407 g/mol. The van der Waals surface area contributed by atoms with Gasteiger partial charge in [-0.05, 0) is 52.6 Å². The number of likely N-dealkylation sites (N-methyl/N-ethyl adjacent to an activating group) is 1. The lowest BCUT2D eigenvalue weighted by atomic mass is 9.67. The number of ether oxygens (including phenoxy) is 1. The minimum Gasteiger partial charge on any atom is -0.381 e. The topological polar surface area (TPSA) is 87.7 Å². The normalized spacial score (nSPS) is 29.4. The number of aromatic nitrogens is 2. The van der Waals surface area contributed by atoms with Gasteiger partial charge in [0.05, 0.1) is 22.8 Å². The third-order valence-electron chi connectivity index (χ3n) is 6.68.